The molecule has 5 rings (SSSR count). The van der Waals surface area contributed by atoms with Gasteiger partial charge in [-0.15, -0.1) is 0 Å². The van der Waals surface area contributed by atoms with Crippen molar-refractivity contribution >= 4 is 57.8 Å². The van der Waals surface area contributed by atoms with Gasteiger partial charge in [-0.25, -0.2) is 0 Å². The van der Waals surface area contributed by atoms with Crippen molar-refractivity contribution < 1.29 is 9.59 Å². The molecule has 0 radical (unpaired) electrons. The van der Waals surface area contributed by atoms with Gasteiger partial charge in [-0.2, -0.15) is 0 Å². The van der Waals surface area contributed by atoms with E-state index in [1.807, 2.05) is 42.5 Å². The maximum atomic E-state index is 13.1. The van der Waals surface area contributed by atoms with Crippen molar-refractivity contribution in [2.45, 2.75) is 5.92 Å². The monoisotopic (exact) mass is 549 g/mol. The Kier molecular flexibility index (Phi) is 7.81. The van der Waals surface area contributed by atoms with Crippen LogP contribution >= 0.6 is 23.2 Å². The number of amides is 2. The molecule has 0 spiro atoms. The summed E-state index contributed by atoms with van der Waals surface area (Å²) in [7, 11) is 3.83. The van der Waals surface area contributed by atoms with E-state index in [4.69, 9.17) is 28.2 Å². The van der Waals surface area contributed by atoms with Gasteiger partial charge in [-0.1, -0.05) is 59.6 Å². The van der Waals surface area contributed by atoms with E-state index in [-0.39, 0.29) is 11.8 Å². The molecule has 2 amide bonds. The van der Waals surface area contributed by atoms with Crippen molar-refractivity contribution in [3.63, 3.8) is 0 Å². The minimum Gasteiger partial charge on any atom is -0.325 e. The lowest BCUT2D eigenvalue weighted by molar-refractivity contribution is -0.120. The minimum absolute atomic E-state index is 0.0180. The van der Waals surface area contributed by atoms with E-state index in [1.165, 1.54) is 0 Å². The van der Waals surface area contributed by atoms with Crippen LogP contribution in [0.3, 0.4) is 0 Å². The number of hydrogen-bond acceptors (Lipinski definition) is 5. The predicted molar refractivity (Wildman–Crippen MR) is 154 cm³/mol. The molecule has 196 valence electrons. The summed E-state index contributed by atoms with van der Waals surface area (Å²) in [5.74, 6) is -0.784. The number of likely N-dealkylation sites (N-methyl/N-ethyl adjacent to an activating group) is 2. The number of piperazine rings is 1. The average molecular weight is 550 g/mol. The molecule has 7 nitrogen and oxygen atoms in total. The quantitative estimate of drug-likeness (QED) is 0.436. The van der Waals surface area contributed by atoms with Crippen molar-refractivity contribution in [2.75, 3.05) is 57.0 Å². The van der Waals surface area contributed by atoms with Crippen LogP contribution in [-0.4, -0.2) is 74.1 Å². The van der Waals surface area contributed by atoms with Crippen LogP contribution in [0.1, 0.15) is 17.0 Å². The van der Waals surface area contributed by atoms with Crippen LogP contribution in [-0.2, 0) is 9.59 Å². The Morgan fingerprint density at radius 1 is 1.03 bits per heavy atom. The van der Waals surface area contributed by atoms with Crippen LogP contribution < -0.4 is 10.2 Å². The van der Waals surface area contributed by atoms with Gasteiger partial charge in [0.05, 0.1) is 28.7 Å². The number of hydrogen-bond donors (Lipinski definition) is 1. The molecule has 2 heterocycles. The number of nitrogens with zero attached hydrogens (tertiary/aromatic N) is 4. The number of nitrogens with one attached hydrogen (secondary N) is 1. The molecule has 0 aromatic heterocycles. The summed E-state index contributed by atoms with van der Waals surface area (Å²) in [6, 6.07) is 20.3. The van der Waals surface area contributed by atoms with Crippen LogP contribution in [0.15, 0.2) is 71.7 Å². The molecule has 9 heteroatoms. The van der Waals surface area contributed by atoms with Crippen LogP contribution in [0.25, 0.3) is 0 Å². The smallest absolute Gasteiger partial charge is 0.240 e. The Morgan fingerprint density at radius 3 is 2.47 bits per heavy atom. The van der Waals surface area contributed by atoms with Crippen molar-refractivity contribution in [1.29, 1.82) is 0 Å². The number of benzene rings is 3. The molecular weight excluding hydrogens is 521 g/mol. The molecule has 2 aliphatic rings. The van der Waals surface area contributed by atoms with E-state index in [0.29, 0.717) is 39.4 Å². The van der Waals surface area contributed by atoms with E-state index in [1.54, 1.807) is 36.2 Å². The van der Waals surface area contributed by atoms with Crippen LogP contribution in [0, 0.1) is 0 Å². The zero-order valence-electron chi connectivity index (χ0n) is 21.3. The van der Waals surface area contributed by atoms with Crippen LogP contribution in [0.5, 0.6) is 0 Å². The third kappa shape index (κ3) is 5.61. The molecule has 1 atom stereocenters. The van der Waals surface area contributed by atoms with Gasteiger partial charge in [0.2, 0.25) is 11.8 Å². The van der Waals surface area contributed by atoms with E-state index < -0.39 is 5.92 Å². The third-order valence-corrected chi connectivity index (χ3v) is 7.60. The summed E-state index contributed by atoms with van der Waals surface area (Å²) in [6.45, 7) is 3.97. The zero-order chi connectivity index (χ0) is 26.8. The number of carbonyl (C=O) groups is 2. The standard InChI is InChI=1S/C29H29Cl2N5O2/c1-34-12-14-36(15-13-34)18-26(37)35(2)25-11-9-21(17-23(25)31)32-28(19-6-4-3-5-7-19)27-22-10-8-20(30)16-24(22)33-29(27)38/h3-11,16-17,27H,12-15,18H2,1-2H3,(H,33,38). The molecule has 0 saturated carbocycles. The predicted octanol–water partition coefficient (Wildman–Crippen LogP) is 5.06. The number of rotatable bonds is 6. The third-order valence-electron chi connectivity index (χ3n) is 7.06. The Balaban J connectivity index is 1.43. The second kappa shape index (κ2) is 11.3. The topological polar surface area (TPSA) is 68.2 Å². The van der Waals surface area contributed by atoms with Gasteiger partial charge in [0.15, 0.2) is 0 Å². The number of aliphatic imine (C=N–C) groups is 1. The van der Waals surface area contributed by atoms with E-state index >= 15 is 0 Å². The lowest BCUT2D eigenvalue weighted by Gasteiger charge is -2.32. The highest BCUT2D eigenvalue weighted by atomic mass is 35.5. The van der Waals surface area contributed by atoms with E-state index in [0.717, 1.165) is 37.3 Å². The first kappa shape index (κ1) is 26.4. The van der Waals surface area contributed by atoms with Gasteiger partial charge in [0.1, 0.15) is 5.92 Å². The fourth-order valence-electron chi connectivity index (χ4n) is 4.82. The zero-order valence-corrected chi connectivity index (χ0v) is 22.8. The first-order valence-electron chi connectivity index (χ1n) is 12.5. The summed E-state index contributed by atoms with van der Waals surface area (Å²) in [6.07, 6.45) is 0. The fraction of sp³-hybridized carbons (Fsp3) is 0.276. The van der Waals surface area contributed by atoms with Crippen molar-refractivity contribution in [2.24, 2.45) is 4.99 Å². The fourth-order valence-corrected chi connectivity index (χ4v) is 5.30. The lowest BCUT2D eigenvalue weighted by Crippen LogP contribution is -2.48. The minimum atomic E-state index is -0.601. The SMILES string of the molecule is CN1CCN(CC(=O)N(C)c2ccc(N=C(c3ccccc3)C3C(=O)Nc4cc(Cl)ccc43)cc2Cl)CC1. The summed E-state index contributed by atoms with van der Waals surface area (Å²) >= 11 is 12.8. The molecule has 1 fully saturated rings. The van der Waals surface area contributed by atoms with Crippen molar-refractivity contribution in [1.82, 2.24) is 9.80 Å². The molecule has 2 aliphatic heterocycles. The van der Waals surface area contributed by atoms with Gasteiger partial charge < -0.3 is 15.1 Å². The number of fused-ring (bicyclic) bond motifs is 1. The normalized spacial score (nSPS) is 18.3. The molecule has 0 bridgehead atoms. The summed E-state index contributed by atoms with van der Waals surface area (Å²) < 4.78 is 0. The summed E-state index contributed by atoms with van der Waals surface area (Å²) in [5.41, 5.74) is 4.14. The molecule has 1 N–H and O–H groups in total. The molecule has 38 heavy (non-hydrogen) atoms. The van der Waals surface area contributed by atoms with Gasteiger partial charge in [-0.05, 0) is 48.5 Å². The Labute approximate surface area is 232 Å². The first-order valence-corrected chi connectivity index (χ1v) is 13.3. The average Bonchev–Trinajstić information content (AvgIpc) is 3.23. The van der Waals surface area contributed by atoms with Crippen LogP contribution in [0.4, 0.5) is 17.1 Å². The Hall–Kier alpha value is -3.23. The van der Waals surface area contributed by atoms with Gasteiger partial charge >= 0.3 is 0 Å². The highest BCUT2D eigenvalue weighted by Gasteiger charge is 2.35. The number of carbonyl (C=O) groups excluding carboxylic acids is 2. The van der Waals surface area contributed by atoms with Gasteiger partial charge in [0.25, 0.3) is 0 Å². The molecule has 3 aromatic rings. The van der Waals surface area contributed by atoms with Gasteiger partial charge in [-0.3, -0.25) is 19.5 Å². The van der Waals surface area contributed by atoms with Crippen LogP contribution in [0.2, 0.25) is 10.0 Å². The number of anilines is 2. The molecule has 1 unspecified atom stereocenters. The second-order valence-electron chi connectivity index (χ2n) is 9.68. The largest absolute Gasteiger partial charge is 0.325 e. The lowest BCUT2D eigenvalue weighted by atomic mass is 9.90. The Bertz CT molecular complexity index is 1390. The highest BCUT2D eigenvalue weighted by molar-refractivity contribution is 6.34. The molecule has 1 saturated heterocycles. The highest BCUT2D eigenvalue weighted by Crippen LogP contribution is 2.38. The number of halogens is 2. The maximum absolute atomic E-state index is 13.1. The van der Waals surface area contributed by atoms with Crippen molar-refractivity contribution in [3.8, 4) is 0 Å². The molecular formula is C29H29Cl2N5O2. The molecule has 3 aromatic carbocycles. The van der Waals surface area contributed by atoms with Gasteiger partial charge in [0, 0.05) is 43.9 Å². The summed E-state index contributed by atoms with van der Waals surface area (Å²) in [4.78, 5) is 37.0. The molecule has 0 aliphatic carbocycles. The van der Waals surface area contributed by atoms with E-state index in [2.05, 4.69) is 22.2 Å². The second-order valence-corrected chi connectivity index (χ2v) is 10.5. The maximum Gasteiger partial charge on any atom is 0.240 e. The first-order chi connectivity index (χ1) is 18.3. The Morgan fingerprint density at radius 2 is 1.76 bits per heavy atom. The van der Waals surface area contributed by atoms with Crippen molar-refractivity contribution in [3.05, 3.63) is 87.9 Å². The summed E-state index contributed by atoms with van der Waals surface area (Å²) in [5, 5.41) is 3.89. The van der Waals surface area contributed by atoms with E-state index in [9.17, 15) is 9.59 Å².